The summed E-state index contributed by atoms with van der Waals surface area (Å²) < 4.78 is 0. The van der Waals surface area contributed by atoms with Crippen LogP contribution >= 0.6 is 0 Å². The molecule has 8 nitrogen and oxygen atoms in total. The molecule has 0 bridgehead atoms. The topological polar surface area (TPSA) is 152 Å². The lowest BCUT2D eigenvalue weighted by Gasteiger charge is -2.03. The van der Waals surface area contributed by atoms with Gasteiger partial charge in [0.1, 0.15) is 0 Å². The number of aliphatic carboxylic acids is 3. The first kappa shape index (κ1) is 36.0. The zero-order valence-corrected chi connectivity index (χ0v) is 19.3. The predicted octanol–water partition coefficient (Wildman–Crippen LogP) is 4.77. The average molecular weight is 447 g/mol. The van der Waals surface area contributed by atoms with Crippen molar-refractivity contribution in [1.82, 2.24) is 0 Å². The van der Waals surface area contributed by atoms with Crippen molar-refractivity contribution in [2.45, 2.75) is 91.3 Å². The summed E-state index contributed by atoms with van der Waals surface area (Å²) in [4.78, 5) is 28.4. The van der Waals surface area contributed by atoms with Crippen LogP contribution in [0.2, 0.25) is 0 Å². The van der Waals surface area contributed by atoms with E-state index < -0.39 is 24.2 Å². The molecule has 0 saturated heterocycles. The Labute approximate surface area is 186 Å². The summed E-state index contributed by atoms with van der Waals surface area (Å²) >= 11 is 0. The molecule has 5 N–H and O–H groups in total. The molecular weight excluding hydrogens is 404 g/mol. The maximum Gasteiger partial charge on any atom is 0.330 e. The van der Waals surface area contributed by atoms with Crippen molar-refractivity contribution < 1.29 is 39.9 Å². The molecule has 0 amide bonds. The van der Waals surface area contributed by atoms with E-state index in [2.05, 4.69) is 26.7 Å². The first-order valence-corrected chi connectivity index (χ1v) is 10.3. The van der Waals surface area contributed by atoms with Crippen LogP contribution in [0, 0.1) is 0 Å². The normalized spacial score (nSPS) is 8.97. The molecule has 0 spiro atoms. The number of hydrogen-bond donors (Lipinski definition) is 5. The van der Waals surface area contributed by atoms with Gasteiger partial charge in [-0.05, 0) is 26.7 Å². The molecule has 0 fully saturated rings. The minimum Gasteiger partial charge on any atom is -0.478 e. The lowest BCUT2D eigenvalue weighted by atomic mass is 10.1. The smallest absolute Gasteiger partial charge is 0.330 e. The number of carboxylic acids is 3. The van der Waals surface area contributed by atoms with Crippen molar-refractivity contribution in [3.63, 3.8) is 0 Å². The molecule has 31 heavy (non-hydrogen) atoms. The van der Waals surface area contributed by atoms with E-state index in [0.717, 1.165) is 18.9 Å². The van der Waals surface area contributed by atoms with Gasteiger partial charge in [-0.15, -0.1) is 0 Å². The van der Waals surface area contributed by atoms with Crippen LogP contribution in [0.15, 0.2) is 37.0 Å². The van der Waals surface area contributed by atoms with E-state index >= 15 is 0 Å². The zero-order valence-electron chi connectivity index (χ0n) is 19.3. The Morgan fingerprint density at radius 1 is 0.742 bits per heavy atom. The van der Waals surface area contributed by atoms with Gasteiger partial charge in [0.05, 0.1) is 0 Å². The van der Waals surface area contributed by atoms with Gasteiger partial charge in [-0.1, -0.05) is 78.0 Å². The lowest BCUT2D eigenvalue weighted by Crippen LogP contribution is -2.02. The van der Waals surface area contributed by atoms with Crippen LogP contribution in [0.5, 0.6) is 0 Å². The van der Waals surface area contributed by atoms with Crippen LogP contribution in [0.1, 0.15) is 85.0 Å². The van der Waals surface area contributed by atoms with E-state index in [9.17, 15) is 14.4 Å². The molecule has 0 aliphatic rings. The van der Waals surface area contributed by atoms with Gasteiger partial charge < -0.3 is 25.5 Å². The van der Waals surface area contributed by atoms with Crippen LogP contribution in [0.4, 0.5) is 0 Å². The molecule has 0 radical (unpaired) electrons. The summed E-state index contributed by atoms with van der Waals surface area (Å²) in [6, 6.07) is 0. The quantitative estimate of drug-likeness (QED) is 0.154. The molecule has 0 aromatic rings. The van der Waals surface area contributed by atoms with Crippen LogP contribution < -0.4 is 0 Å². The number of hydrogen-bond acceptors (Lipinski definition) is 5. The maximum atomic E-state index is 9.60. The first-order valence-electron chi connectivity index (χ1n) is 10.3. The third-order valence-corrected chi connectivity index (χ3v) is 3.47. The largest absolute Gasteiger partial charge is 0.478 e. The number of carboxylic acid groups (broad SMARTS) is 3. The van der Waals surface area contributed by atoms with Crippen LogP contribution in [-0.4, -0.2) is 49.7 Å². The van der Waals surface area contributed by atoms with Crippen molar-refractivity contribution >= 4 is 17.9 Å². The van der Waals surface area contributed by atoms with Crippen LogP contribution in [0.25, 0.3) is 0 Å². The van der Waals surface area contributed by atoms with Gasteiger partial charge >= 0.3 is 17.9 Å². The number of rotatable bonds is 13. The molecule has 0 aliphatic carbocycles. The second-order valence-corrected chi connectivity index (χ2v) is 6.81. The molecule has 0 aromatic heterocycles. The Morgan fingerprint density at radius 2 is 1.00 bits per heavy atom. The van der Waals surface area contributed by atoms with E-state index in [1.807, 2.05) is 0 Å². The van der Waals surface area contributed by atoms with E-state index in [1.165, 1.54) is 58.8 Å². The van der Waals surface area contributed by atoms with Gasteiger partial charge in [-0.2, -0.15) is 0 Å². The first-order chi connectivity index (χ1) is 14.3. The SMILES string of the molecule is C=C(C)C(=O)O.C=C(C)C(=O)O.C=CC(=O)O.CCCCCCCCCCCC(O)O. The van der Waals surface area contributed by atoms with E-state index in [1.54, 1.807) is 0 Å². The van der Waals surface area contributed by atoms with E-state index in [-0.39, 0.29) is 11.1 Å². The zero-order chi connectivity index (χ0) is 25.2. The number of unbranched alkanes of at least 4 members (excludes halogenated alkanes) is 8. The number of aliphatic hydroxyl groups is 2. The highest BCUT2D eigenvalue weighted by Crippen LogP contribution is 2.10. The molecule has 0 heterocycles. The minimum atomic E-state index is -1.10. The average Bonchev–Trinajstić information content (AvgIpc) is 2.67. The maximum absolute atomic E-state index is 9.60. The molecular formula is C23H42O8. The fourth-order valence-electron chi connectivity index (χ4n) is 1.64. The van der Waals surface area contributed by atoms with Crippen molar-refractivity contribution in [2.24, 2.45) is 0 Å². The molecule has 0 aromatic carbocycles. The highest BCUT2D eigenvalue weighted by molar-refractivity contribution is 5.85. The Bertz CT molecular complexity index is 462. The van der Waals surface area contributed by atoms with Crippen molar-refractivity contribution in [3.05, 3.63) is 37.0 Å². The van der Waals surface area contributed by atoms with Gasteiger partial charge in [-0.3, -0.25) is 0 Å². The fourth-order valence-corrected chi connectivity index (χ4v) is 1.64. The third kappa shape index (κ3) is 52.3. The molecule has 0 aliphatic heterocycles. The predicted molar refractivity (Wildman–Crippen MR) is 123 cm³/mol. The van der Waals surface area contributed by atoms with Crippen molar-refractivity contribution in [3.8, 4) is 0 Å². The molecule has 0 saturated carbocycles. The van der Waals surface area contributed by atoms with Crippen molar-refractivity contribution in [1.29, 1.82) is 0 Å². The lowest BCUT2D eigenvalue weighted by molar-refractivity contribution is -0.133. The molecule has 0 rings (SSSR count). The Hall–Kier alpha value is -2.45. The summed E-state index contributed by atoms with van der Waals surface area (Å²) in [6.45, 7) is 14.4. The van der Waals surface area contributed by atoms with Gasteiger partial charge in [0.25, 0.3) is 0 Å². The fraction of sp³-hybridized carbons (Fsp3) is 0.609. The highest BCUT2D eigenvalue weighted by Gasteiger charge is 1.96. The van der Waals surface area contributed by atoms with E-state index in [0.29, 0.717) is 6.42 Å². The Balaban J connectivity index is -0.000000178. The van der Waals surface area contributed by atoms with Gasteiger partial charge in [0, 0.05) is 17.2 Å². The van der Waals surface area contributed by atoms with Crippen LogP contribution in [0.3, 0.4) is 0 Å². The summed E-state index contributed by atoms with van der Waals surface area (Å²) in [5, 5.41) is 40.6. The number of aliphatic hydroxyl groups excluding tert-OH is 1. The van der Waals surface area contributed by atoms with Crippen molar-refractivity contribution in [2.75, 3.05) is 0 Å². The molecule has 0 unspecified atom stereocenters. The standard InChI is InChI=1S/C12H26O2.2C4H6O2.C3H4O2/c1-2-3-4-5-6-7-8-9-10-11-12(13)14;2*1-3(2)4(5)6;1-2-3(4)5/h12-14H,2-11H2,1H3;2*1H2,2H3,(H,5,6);2H,1H2,(H,4,5). The number of carbonyl (C=O) groups is 3. The Kier molecular flexibility index (Phi) is 32.0. The second kappa shape index (κ2) is 27.5. The Morgan fingerprint density at radius 3 is 1.19 bits per heavy atom. The van der Waals surface area contributed by atoms with Gasteiger partial charge in [0.15, 0.2) is 6.29 Å². The second-order valence-electron chi connectivity index (χ2n) is 6.81. The molecule has 182 valence electrons. The summed E-state index contributed by atoms with van der Waals surface area (Å²) in [5.74, 6) is -2.85. The summed E-state index contributed by atoms with van der Waals surface area (Å²) in [5.41, 5.74) is 0.352. The van der Waals surface area contributed by atoms with E-state index in [4.69, 9.17) is 25.5 Å². The summed E-state index contributed by atoms with van der Waals surface area (Å²) in [6.07, 6.45) is 11.7. The van der Waals surface area contributed by atoms with Crippen LogP contribution in [-0.2, 0) is 14.4 Å². The summed E-state index contributed by atoms with van der Waals surface area (Å²) in [7, 11) is 0. The third-order valence-electron chi connectivity index (χ3n) is 3.47. The molecule has 0 atom stereocenters. The highest BCUT2D eigenvalue weighted by atomic mass is 16.5. The van der Waals surface area contributed by atoms with Gasteiger partial charge in [0.2, 0.25) is 0 Å². The van der Waals surface area contributed by atoms with Gasteiger partial charge in [-0.25, -0.2) is 14.4 Å². The minimum absolute atomic E-state index is 0.176. The monoisotopic (exact) mass is 446 g/mol. The molecule has 8 heteroatoms.